The minimum Gasteiger partial charge on any atom is -0.444 e. The van der Waals surface area contributed by atoms with Crippen LogP contribution in [0, 0.1) is 19.8 Å². The maximum Gasteiger partial charge on any atom is 0.408 e. The average Bonchev–Trinajstić information content (AvgIpc) is 3.49. The second-order valence-electron chi connectivity index (χ2n) is 10.7. The minimum atomic E-state index is -1.22. The number of carbonyl (C=O) groups is 3. The van der Waals surface area contributed by atoms with Gasteiger partial charge in [0, 0.05) is 12.6 Å². The van der Waals surface area contributed by atoms with Crippen molar-refractivity contribution in [3.63, 3.8) is 0 Å². The predicted molar refractivity (Wildman–Crippen MR) is 136 cm³/mol. The van der Waals surface area contributed by atoms with E-state index in [-0.39, 0.29) is 17.9 Å². The summed E-state index contributed by atoms with van der Waals surface area (Å²) >= 11 is 0. The van der Waals surface area contributed by atoms with Gasteiger partial charge >= 0.3 is 6.09 Å². The molecule has 1 aliphatic rings. The Labute approximate surface area is 209 Å². The van der Waals surface area contributed by atoms with Crippen LogP contribution in [-0.4, -0.2) is 58.8 Å². The van der Waals surface area contributed by atoms with E-state index in [1.807, 2.05) is 39.0 Å². The first-order chi connectivity index (χ1) is 16.4. The molecule has 8 nitrogen and oxygen atoms in total. The molecule has 1 fully saturated rings. The van der Waals surface area contributed by atoms with E-state index in [9.17, 15) is 19.5 Å². The molecule has 0 aromatic heterocycles. The first-order valence-corrected chi connectivity index (χ1v) is 12.7. The summed E-state index contributed by atoms with van der Waals surface area (Å²) in [7, 11) is 0. The second kappa shape index (κ2) is 12.4. The van der Waals surface area contributed by atoms with E-state index in [1.165, 1.54) is 0 Å². The lowest BCUT2D eigenvalue weighted by molar-refractivity contribution is -0.144. The molecule has 0 saturated heterocycles. The molecule has 4 unspecified atom stereocenters. The fraction of sp³-hybridized carbons (Fsp3) is 0.667. The van der Waals surface area contributed by atoms with Crippen LogP contribution in [0.5, 0.6) is 0 Å². The zero-order valence-electron chi connectivity index (χ0n) is 22.3. The topological polar surface area (TPSA) is 108 Å². The summed E-state index contributed by atoms with van der Waals surface area (Å²) in [6.45, 7) is 13.2. The zero-order valence-corrected chi connectivity index (χ0v) is 22.3. The highest BCUT2D eigenvalue weighted by Gasteiger charge is 2.48. The van der Waals surface area contributed by atoms with Gasteiger partial charge in [-0.15, -0.1) is 0 Å². The SMILES string of the molecule is CCCCCNC(=O)C(c1ccc(C)c(C)c1)N(C(=O)C(CO)NC(=O)OC(C)(C)C)C1CC1C. The molecule has 1 saturated carbocycles. The van der Waals surface area contributed by atoms with E-state index in [1.54, 1.807) is 25.7 Å². The van der Waals surface area contributed by atoms with Crippen molar-refractivity contribution in [2.45, 2.75) is 97.9 Å². The molecular weight excluding hydrogens is 446 g/mol. The van der Waals surface area contributed by atoms with Gasteiger partial charge in [-0.25, -0.2) is 4.79 Å². The Hall–Kier alpha value is -2.61. The van der Waals surface area contributed by atoms with E-state index in [0.717, 1.165) is 36.8 Å². The van der Waals surface area contributed by atoms with Crippen molar-refractivity contribution in [1.29, 1.82) is 0 Å². The molecule has 1 aliphatic carbocycles. The largest absolute Gasteiger partial charge is 0.444 e. The molecule has 0 aliphatic heterocycles. The van der Waals surface area contributed by atoms with Crippen LogP contribution >= 0.6 is 0 Å². The Balaban J connectivity index is 2.40. The Morgan fingerprint density at radius 1 is 1.17 bits per heavy atom. The second-order valence-corrected chi connectivity index (χ2v) is 10.7. The van der Waals surface area contributed by atoms with Gasteiger partial charge in [-0.1, -0.05) is 44.9 Å². The quantitative estimate of drug-likeness (QED) is 0.410. The molecule has 4 atom stereocenters. The molecular formula is C27H43N3O5. The number of alkyl carbamates (subject to hydrolysis) is 1. The molecule has 3 amide bonds. The number of rotatable bonds is 11. The lowest BCUT2D eigenvalue weighted by atomic mass is 9.98. The van der Waals surface area contributed by atoms with Crippen LogP contribution in [0.1, 0.15) is 83.0 Å². The van der Waals surface area contributed by atoms with Crippen molar-refractivity contribution in [3.8, 4) is 0 Å². The van der Waals surface area contributed by atoms with E-state index >= 15 is 0 Å². The summed E-state index contributed by atoms with van der Waals surface area (Å²) in [5, 5.41) is 15.5. The maximum atomic E-state index is 13.8. The third-order valence-electron chi connectivity index (χ3n) is 6.30. The van der Waals surface area contributed by atoms with Crippen LogP contribution in [0.2, 0.25) is 0 Å². The zero-order chi connectivity index (χ0) is 26.3. The van der Waals surface area contributed by atoms with Crippen LogP contribution in [0.3, 0.4) is 0 Å². The smallest absolute Gasteiger partial charge is 0.408 e. The minimum absolute atomic E-state index is 0.162. The van der Waals surface area contributed by atoms with Crippen molar-refractivity contribution in [2.24, 2.45) is 5.92 Å². The number of aryl methyl sites for hydroxylation is 2. The fourth-order valence-corrected chi connectivity index (χ4v) is 4.04. The van der Waals surface area contributed by atoms with Crippen molar-refractivity contribution < 1.29 is 24.2 Å². The van der Waals surface area contributed by atoms with E-state index < -0.39 is 36.3 Å². The Kier molecular flexibility index (Phi) is 10.1. The lowest BCUT2D eigenvalue weighted by Crippen LogP contribution is -2.55. The van der Waals surface area contributed by atoms with Gasteiger partial charge < -0.3 is 25.4 Å². The number of carbonyl (C=O) groups excluding carboxylic acids is 3. The third-order valence-corrected chi connectivity index (χ3v) is 6.30. The highest BCUT2D eigenvalue weighted by molar-refractivity contribution is 5.92. The summed E-state index contributed by atoms with van der Waals surface area (Å²) < 4.78 is 5.28. The van der Waals surface area contributed by atoms with Crippen LogP contribution in [-0.2, 0) is 14.3 Å². The van der Waals surface area contributed by atoms with Gasteiger partial charge in [0.25, 0.3) is 0 Å². The highest BCUT2D eigenvalue weighted by Crippen LogP contribution is 2.41. The van der Waals surface area contributed by atoms with Gasteiger partial charge in [0.1, 0.15) is 17.7 Å². The first kappa shape index (κ1) is 28.6. The summed E-state index contributed by atoms with van der Waals surface area (Å²) in [5.41, 5.74) is 2.07. The van der Waals surface area contributed by atoms with Gasteiger partial charge in [-0.3, -0.25) is 9.59 Å². The molecule has 1 aromatic carbocycles. The Bertz CT molecular complexity index is 895. The number of ether oxygens (including phenoxy) is 1. The van der Waals surface area contributed by atoms with Crippen LogP contribution in [0.15, 0.2) is 18.2 Å². The number of aliphatic hydroxyl groups is 1. The summed E-state index contributed by atoms with van der Waals surface area (Å²) in [4.78, 5) is 41.2. The Morgan fingerprint density at radius 3 is 2.34 bits per heavy atom. The molecule has 35 heavy (non-hydrogen) atoms. The molecule has 0 radical (unpaired) electrons. The highest BCUT2D eigenvalue weighted by atomic mass is 16.6. The molecule has 2 rings (SSSR count). The van der Waals surface area contributed by atoms with E-state index in [2.05, 4.69) is 17.6 Å². The summed E-state index contributed by atoms with van der Waals surface area (Å²) in [6, 6.07) is 3.51. The normalized spacial score (nSPS) is 18.9. The average molecular weight is 490 g/mol. The molecule has 196 valence electrons. The van der Waals surface area contributed by atoms with Gasteiger partial charge in [0.2, 0.25) is 11.8 Å². The first-order valence-electron chi connectivity index (χ1n) is 12.7. The van der Waals surface area contributed by atoms with Crippen LogP contribution in [0.25, 0.3) is 0 Å². The van der Waals surface area contributed by atoms with Crippen molar-refractivity contribution in [1.82, 2.24) is 15.5 Å². The molecule has 3 N–H and O–H groups in total. The van der Waals surface area contributed by atoms with Gasteiger partial charge in [-0.05, 0) is 70.1 Å². The number of aliphatic hydroxyl groups excluding tert-OH is 1. The standard InChI is InChI=1S/C27H43N3O5/c1-8-9-10-13-28-24(32)23(20-12-11-17(2)18(3)14-20)30(22-15-19(22)4)25(33)21(16-31)29-26(34)35-27(5,6)7/h11-12,14,19,21-23,31H,8-10,13,15-16H2,1-7H3,(H,28,32)(H,29,34). The third kappa shape index (κ3) is 8.23. The summed E-state index contributed by atoms with van der Waals surface area (Å²) in [6.07, 6.45) is 2.86. The van der Waals surface area contributed by atoms with Gasteiger partial charge in [0.15, 0.2) is 0 Å². The number of hydrogen-bond donors (Lipinski definition) is 3. The molecule has 0 heterocycles. The number of benzene rings is 1. The molecule has 8 heteroatoms. The number of unbranched alkanes of at least 4 members (excludes halogenated alkanes) is 2. The van der Waals surface area contributed by atoms with Crippen molar-refractivity contribution in [3.05, 3.63) is 34.9 Å². The van der Waals surface area contributed by atoms with Gasteiger partial charge in [0.05, 0.1) is 6.61 Å². The van der Waals surface area contributed by atoms with E-state index in [0.29, 0.717) is 12.1 Å². The predicted octanol–water partition coefficient (Wildman–Crippen LogP) is 3.77. The number of nitrogens with one attached hydrogen (secondary N) is 2. The monoisotopic (exact) mass is 489 g/mol. The molecule has 1 aromatic rings. The number of nitrogens with zero attached hydrogens (tertiary/aromatic N) is 1. The Morgan fingerprint density at radius 2 is 1.83 bits per heavy atom. The number of hydrogen-bond acceptors (Lipinski definition) is 5. The van der Waals surface area contributed by atoms with Crippen LogP contribution in [0.4, 0.5) is 4.79 Å². The number of amides is 3. The lowest BCUT2D eigenvalue weighted by Gasteiger charge is -2.35. The van der Waals surface area contributed by atoms with E-state index in [4.69, 9.17) is 4.74 Å². The molecule has 0 bridgehead atoms. The maximum absolute atomic E-state index is 13.8. The summed E-state index contributed by atoms with van der Waals surface area (Å²) in [5.74, 6) is -0.549. The molecule has 0 spiro atoms. The fourth-order valence-electron chi connectivity index (χ4n) is 4.04. The van der Waals surface area contributed by atoms with Crippen LogP contribution < -0.4 is 10.6 Å². The van der Waals surface area contributed by atoms with Crippen molar-refractivity contribution in [2.75, 3.05) is 13.2 Å². The van der Waals surface area contributed by atoms with Gasteiger partial charge in [-0.2, -0.15) is 0 Å². The van der Waals surface area contributed by atoms with Crippen molar-refractivity contribution >= 4 is 17.9 Å².